The largest absolute Gasteiger partial charge is 0.304 e. The second kappa shape index (κ2) is 22.6. The monoisotopic (exact) mass is 934 g/mol. The van der Waals surface area contributed by atoms with Crippen LogP contribution in [0.1, 0.15) is 104 Å². The van der Waals surface area contributed by atoms with E-state index in [-0.39, 0.29) is 11.6 Å². The number of carbonyl (C=O) groups is 2. The molecule has 0 N–H and O–H groups in total. The van der Waals surface area contributed by atoms with Crippen LogP contribution in [0.2, 0.25) is 0 Å². The lowest BCUT2D eigenvalue weighted by Gasteiger charge is -2.17. The number of imidazole rings is 2. The van der Waals surface area contributed by atoms with Crippen molar-refractivity contribution in [1.82, 2.24) is 38.5 Å². The molecule has 0 aliphatic rings. The number of hydrogen-bond acceptors (Lipinski definition) is 10. The first-order chi connectivity index (χ1) is 30.0. The number of aryl methyl sites for hydroxylation is 3. The molecule has 6 heterocycles. The smallest absolute Gasteiger partial charge is 0.195 e. The van der Waals surface area contributed by atoms with Gasteiger partial charge in [-0.2, -0.15) is 0 Å². The summed E-state index contributed by atoms with van der Waals surface area (Å²) in [7, 11) is 0. The third-order valence-electron chi connectivity index (χ3n) is 11.1. The van der Waals surface area contributed by atoms with Crippen molar-refractivity contribution in [3.8, 4) is 11.4 Å². The van der Waals surface area contributed by atoms with Crippen LogP contribution >= 0.6 is 38.6 Å². The van der Waals surface area contributed by atoms with E-state index in [0.717, 1.165) is 128 Å². The number of Topliss-reactive ketones (excluding diaryl/α,β-unsaturated/α-hetero) is 2. The standard InChI is InChI=1S/C24H28N4OS.C18H22BrN3OS.C7H9N/c1-4-27(5-2)13-7-6-8-22(29)18-9-10-21-23(15-18)30-24-26-20(16-28(21)24)19-14-17(3)11-12-25-19;1-3-21(4-2)10-6-5-7-15(23)13-8-9-14-16(11-13)24-18-20-17(19)12-22(14)18;1-6-3-4-8-7(2)5-6/h9-12,14-16H,4-8,13H2,1-3H3;8-9,11-12H,3-7,10H2,1-2H3;3-5H,1-2H3. The number of hydrogen-bond donors (Lipinski definition) is 0. The molecule has 8 rings (SSSR count). The van der Waals surface area contributed by atoms with Crippen molar-refractivity contribution in [1.29, 1.82) is 0 Å². The van der Waals surface area contributed by atoms with E-state index >= 15 is 0 Å². The summed E-state index contributed by atoms with van der Waals surface area (Å²) < 4.78 is 7.19. The van der Waals surface area contributed by atoms with Crippen molar-refractivity contribution in [3.05, 3.63) is 118 Å². The Kier molecular flexibility index (Phi) is 17.1. The van der Waals surface area contributed by atoms with Crippen LogP contribution < -0.4 is 0 Å². The van der Waals surface area contributed by atoms with Crippen LogP contribution in [0.3, 0.4) is 0 Å². The second-order valence-electron chi connectivity index (χ2n) is 15.6. The SMILES string of the molecule is CCN(CC)CCCCC(=O)c1ccc2c(c1)sc1nc(-c3cc(C)ccn3)cn12.CCN(CC)CCCCC(=O)c1ccc2c(c1)sc1nc(Br)cn12.Cc1ccnc(C)c1. The molecule has 8 aromatic rings. The number of carbonyl (C=O) groups excluding carboxylic acids is 2. The minimum atomic E-state index is 0.229. The number of pyridine rings is 2. The molecule has 0 saturated carbocycles. The van der Waals surface area contributed by atoms with Crippen LogP contribution in [0.15, 0.2) is 90.1 Å². The molecule has 0 saturated heterocycles. The summed E-state index contributed by atoms with van der Waals surface area (Å²) in [6.45, 7) is 21.3. The highest BCUT2D eigenvalue weighted by Gasteiger charge is 2.15. The first-order valence-corrected chi connectivity index (χ1v) is 24.2. The van der Waals surface area contributed by atoms with Crippen LogP contribution in [-0.2, 0) is 0 Å². The van der Waals surface area contributed by atoms with Crippen LogP contribution in [0.5, 0.6) is 0 Å². The lowest BCUT2D eigenvalue weighted by molar-refractivity contribution is 0.0970. The highest BCUT2D eigenvalue weighted by atomic mass is 79.9. The minimum Gasteiger partial charge on any atom is -0.304 e. The molecule has 326 valence electrons. The van der Waals surface area contributed by atoms with Gasteiger partial charge < -0.3 is 9.80 Å². The van der Waals surface area contributed by atoms with E-state index in [1.807, 2.05) is 86.3 Å². The summed E-state index contributed by atoms with van der Waals surface area (Å²) in [4.78, 5) is 49.4. The molecular weight excluding hydrogens is 877 g/mol. The van der Waals surface area contributed by atoms with Crippen LogP contribution in [0, 0.1) is 20.8 Å². The zero-order valence-corrected chi connectivity index (χ0v) is 40.4. The highest BCUT2D eigenvalue weighted by Crippen LogP contribution is 2.31. The third-order valence-corrected chi connectivity index (χ3v) is 13.5. The molecule has 0 atom stereocenters. The van der Waals surface area contributed by atoms with Gasteiger partial charge in [0.05, 0.1) is 26.1 Å². The Bertz CT molecular complexity index is 2710. The number of rotatable bonds is 17. The van der Waals surface area contributed by atoms with Gasteiger partial charge in [0.15, 0.2) is 21.5 Å². The fraction of sp³-hybridized carbons (Fsp3) is 0.388. The Hall–Kier alpha value is -4.66. The number of nitrogens with zero attached hydrogens (tertiary/aromatic N) is 8. The Labute approximate surface area is 382 Å². The van der Waals surface area contributed by atoms with Crippen molar-refractivity contribution < 1.29 is 9.59 Å². The molecule has 0 unspecified atom stereocenters. The van der Waals surface area contributed by atoms with E-state index in [9.17, 15) is 9.59 Å². The maximum Gasteiger partial charge on any atom is 0.195 e. The van der Waals surface area contributed by atoms with Gasteiger partial charge in [0.1, 0.15) is 10.3 Å². The van der Waals surface area contributed by atoms with Crippen LogP contribution in [0.25, 0.3) is 41.7 Å². The van der Waals surface area contributed by atoms with Crippen LogP contribution in [-0.4, -0.2) is 89.4 Å². The number of ketones is 2. The lowest BCUT2D eigenvalue weighted by Crippen LogP contribution is -2.24. The van der Waals surface area contributed by atoms with E-state index in [1.165, 1.54) is 11.1 Å². The van der Waals surface area contributed by atoms with E-state index in [4.69, 9.17) is 4.98 Å². The minimum absolute atomic E-state index is 0.229. The topological polar surface area (TPSA) is 101 Å². The van der Waals surface area contributed by atoms with Crippen molar-refractivity contribution in [2.45, 2.75) is 87.0 Å². The summed E-state index contributed by atoms with van der Waals surface area (Å²) in [6.07, 6.45) is 12.9. The average molecular weight is 936 g/mol. The molecule has 0 bridgehead atoms. The van der Waals surface area contributed by atoms with Gasteiger partial charge in [-0.3, -0.25) is 28.4 Å². The second-order valence-corrected chi connectivity index (χ2v) is 18.4. The fourth-order valence-electron chi connectivity index (χ4n) is 7.42. The van der Waals surface area contributed by atoms with Gasteiger partial charge in [0.2, 0.25) is 0 Å². The van der Waals surface area contributed by atoms with Crippen molar-refractivity contribution in [3.63, 3.8) is 0 Å². The summed E-state index contributed by atoms with van der Waals surface area (Å²) >= 11 is 6.63. The van der Waals surface area contributed by atoms with E-state index in [0.29, 0.717) is 12.8 Å². The van der Waals surface area contributed by atoms with E-state index in [1.54, 1.807) is 22.7 Å². The Morgan fingerprint density at radius 3 is 1.58 bits per heavy atom. The third kappa shape index (κ3) is 12.3. The van der Waals surface area contributed by atoms with Crippen molar-refractivity contribution in [2.24, 2.45) is 0 Å². The quantitative estimate of drug-likeness (QED) is 0.0657. The normalized spacial score (nSPS) is 11.5. The molecule has 6 aromatic heterocycles. The predicted molar refractivity (Wildman–Crippen MR) is 262 cm³/mol. The molecular formula is C49H59BrN8O2S2. The van der Waals surface area contributed by atoms with Crippen molar-refractivity contribution >= 4 is 80.5 Å². The molecule has 0 fully saturated rings. The highest BCUT2D eigenvalue weighted by molar-refractivity contribution is 9.10. The number of aromatic nitrogens is 6. The number of thiazole rings is 2. The number of fused-ring (bicyclic) bond motifs is 6. The van der Waals surface area contributed by atoms with E-state index in [2.05, 4.69) is 97.1 Å². The first-order valence-electron chi connectivity index (χ1n) is 21.8. The molecule has 2 aromatic carbocycles. The summed E-state index contributed by atoms with van der Waals surface area (Å²) in [5, 5.41) is 0. The zero-order chi connectivity index (χ0) is 44.2. The summed E-state index contributed by atoms with van der Waals surface area (Å²) in [6, 6.07) is 20.1. The van der Waals surface area contributed by atoms with Gasteiger partial charge in [0, 0.05) is 54.4 Å². The van der Waals surface area contributed by atoms with Gasteiger partial charge in [0.25, 0.3) is 0 Å². The van der Waals surface area contributed by atoms with Gasteiger partial charge in [-0.1, -0.05) is 50.4 Å². The van der Waals surface area contributed by atoms with E-state index < -0.39 is 0 Å². The fourth-order valence-corrected chi connectivity index (χ4v) is 10.0. The Morgan fingerprint density at radius 2 is 1.10 bits per heavy atom. The maximum atomic E-state index is 12.7. The number of benzene rings is 2. The molecule has 10 nitrogen and oxygen atoms in total. The van der Waals surface area contributed by atoms with Gasteiger partial charge in [-0.05, 0) is 173 Å². The average Bonchev–Trinajstić information content (AvgIpc) is 4.03. The summed E-state index contributed by atoms with van der Waals surface area (Å²) in [5.41, 5.74) is 9.09. The predicted octanol–water partition coefficient (Wildman–Crippen LogP) is 12.3. The lowest BCUT2D eigenvalue weighted by atomic mass is 10.1. The van der Waals surface area contributed by atoms with Crippen molar-refractivity contribution in [2.75, 3.05) is 39.3 Å². The zero-order valence-electron chi connectivity index (χ0n) is 37.2. The molecule has 0 spiro atoms. The molecule has 62 heavy (non-hydrogen) atoms. The molecule has 13 heteroatoms. The molecule has 0 radical (unpaired) electrons. The molecule has 0 amide bonds. The van der Waals surface area contributed by atoms with Gasteiger partial charge in [-0.15, -0.1) is 0 Å². The number of halogens is 1. The maximum absolute atomic E-state index is 12.7. The molecule has 0 aliphatic carbocycles. The first kappa shape index (κ1) is 46.8. The molecule has 0 aliphatic heterocycles. The van der Waals surface area contributed by atoms with Gasteiger partial charge in [-0.25, -0.2) is 9.97 Å². The Morgan fingerprint density at radius 1 is 0.597 bits per heavy atom. The Balaban J connectivity index is 0.000000178. The van der Waals surface area contributed by atoms with Gasteiger partial charge >= 0.3 is 0 Å². The van der Waals surface area contributed by atoms with Crippen LogP contribution in [0.4, 0.5) is 0 Å². The number of unbranched alkanes of at least 4 members (excludes halogenated alkanes) is 2. The summed E-state index contributed by atoms with van der Waals surface area (Å²) in [5.74, 6) is 0.468.